The number of carbonyl (C=O) groups is 2. The van der Waals surface area contributed by atoms with Crippen LogP contribution in [-0.4, -0.2) is 42.1 Å². The summed E-state index contributed by atoms with van der Waals surface area (Å²) in [6, 6.07) is 0. The van der Waals surface area contributed by atoms with E-state index in [0.717, 1.165) is 0 Å². The number of amides is 1. The van der Waals surface area contributed by atoms with E-state index in [1.54, 1.807) is 0 Å². The molecule has 5 heteroatoms. The predicted molar refractivity (Wildman–Crippen MR) is 45.1 cm³/mol. The van der Waals surface area contributed by atoms with Crippen molar-refractivity contribution >= 4 is 11.9 Å². The first-order valence-corrected chi connectivity index (χ1v) is 4.54. The van der Waals surface area contributed by atoms with Gasteiger partial charge in [-0.3, -0.25) is 4.79 Å². The maximum atomic E-state index is 13.6. The SMILES string of the molecule is COC(=O)[C@@]12C[C@@H](CN1C(C)=O)[C@H]2F. The first-order chi connectivity index (χ1) is 6.54. The van der Waals surface area contributed by atoms with Crippen molar-refractivity contribution in [1.29, 1.82) is 0 Å². The van der Waals surface area contributed by atoms with Gasteiger partial charge in [0.15, 0.2) is 5.54 Å². The summed E-state index contributed by atoms with van der Waals surface area (Å²) in [6.45, 7) is 1.68. The second-order valence-electron chi connectivity index (χ2n) is 3.91. The van der Waals surface area contributed by atoms with Gasteiger partial charge in [-0.2, -0.15) is 0 Å². The van der Waals surface area contributed by atoms with Crippen LogP contribution >= 0.6 is 0 Å². The molecule has 0 aromatic heterocycles. The number of alkyl halides is 1. The molecule has 0 aromatic rings. The Morgan fingerprint density at radius 1 is 1.57 bits per heavy atom. The summed E-state index contributed by atoms with van der Waals surface area (Å²) >= 11 is 0. The van der Waals surface area contributed by atoms with Gasteiger partial charge in [-0.05, 0) is 6.42 Å². The highest BCUT2D eigenvalue weighted by atomic mass is 19.1. The van der Waals surface area contributed by atoms with Crippen LogP contribution in [0.4, 0.5) is 4.39 Å². The molecular weight excluding hydrogens is 189 g/mol. The molecule has 4 nitrogen and oxygen atoms in total. The fourth-order valence-electron chi connectivity index (χ4n) is 2.55. The molecule has 3 atom stereocenters. The second-order valence-corrected chi connectivity index (χ2v) is 3.91. The number of carbonyl (C=O) groups excluding carboxylic acids is 2. The molecule has 0 radical (unpaired) electrons. The van der Waals surface area contributed by atoms with Gasteiger partial charge in [-0.15, -0.1) is 0 Å². The number of esters is 1. The van der Waals surface area contributed by atoms with Crippen LogP contribution in [0, 0.1) is 5.92 Å². The number of halogens is 1. The first kappa shape index (κ1) is 9.43. The maximum Gasteiger partial charge on any atom is 0.334 e. The molecule has 0 aromatic carbocycles. The van der Waals surface area contributed by atoms with E-state index in [1.165, 1.54) is 18.9 Å². The average molecular weight is 201 g/mol. The highest BCUT2D eigenvalue weighted by Gasteiger charge is 2.71. The Labute approximate surface area is 81.0 Å². The van der Waals surface area contributed by atoms with Gasteiger partial charge in [0.1, 0.15) is 6.17 Å². The quantitative estimate of drug-likeness (QED) is 0.566. The summed E-state index contributed by atoms with van der Waals surface area (Å²) in [7, 11) is 1.22. The van der Waals surface area contributed by atoms with Gasteiger partial charge >= 0.3 is 5.97 Å². The van der Waals surface area contributed by atoms with Crippen molar-refractivity contribution < 1.29 is 18.7 Å². The molecule has 0 unspecified atom stereocenters. The summed E-state index contributed by atoms with van der Waals surface area (Å²) in [4.78, 5) is 23.9. The van der Waals surface area contributed by atoms with Gasteiger partial charge in [0.2, 0.25) is 5.91 Å². The van der Waals surface area contributed by atoms with Crippen LogP contribution in [0.3, 0.4) is 0 Å². The van der Waals surface area contributed by atoms with Crippen molar-refractivity contribution in [3.8, 4) is 0 Å². The second kappa shape index (κ2) is 2.68. The van der Waals surface area contributed by atoms with Crippen LogP contribution in [0.25, 0.3) is 0 Å². The summed E-state index contributed by atoms with van der Waals surface area (Å²) in [5.41, 5.74) is -1.30. The van der Waals surface area contributed by atoms with E-state index >= 15 is 0 Å². The molecule has 2 heterocycles. The number of hydrogen-bond acceptors (Lipinski definition) is 3. The summed E-state index contributed by atoms with van der Waals surface area (Å²) in [5.74, 6) is -1.08. The summed E-state index contributed by atoms with van der Waals surface area (Å²) < 4.78 is 18.1. The van der Waals surface area contributed by atoms with Crippen LogP contribution in [0.15, 0.2) is 0 Å². The lowest BCUT2D eigenvalue weighted by Crippen LogP contribution is -2.62. The number of ether oxygens (including phenoxy) is 1. The molecule has 2 aliphatic heterocycles. The molecule has 0 spiro atoms. The fraction of sp³-hybridized carbons (Fsp3) is 0.778. The molecule has 1 saturated carbocycles. The molecule has 1 amide bonds. The number of hydrogen-bond donors (Lipinski definition) is 0. The van der Waals surface area contributed by atoms with Crippen LogP contribution in [-0.2, 0) is 14.3 Å². The Balaban J connectivity index is 2.31. The zero-order valence-corrected chi connectivity index (χ0v) is 8.12. The normalized spacial score (nSPS) is 39.2. The Morgan fingerprint density at radius 2 is 2.21 bits per heavy atom. The van der Waals surface area contributed by atoms with Crippen LogP contribution in [0.5, 0.6) is 0 Å². The highest BCUT2D eigenvalue weighted by Crippen LogP contribution is 2.53. The highest BCUT2D eigenvalue weighted by molar-refractivity contribution is 5.90. The van der Waals surface area contributed by atoms with Crippen LogP contribution in [0.1, 0.15) is 13.3 Å². The average Bonchev–Trinajstić information content (AvgIpc) is 2.68. The Kier molecular flexibility index (Phi) is 1.81. The molecule has 0 N–H and O–H groups in total. The lowest BCUT2D eigenvalue weighted by atomic mass is 9.71. The van der Waals surface area contributed by atoms with Gasteiger partial charge in [0.05, 0.1) is 7.11 Å². The molecule has 1 aliphatic carbocycles. The molecule has 3 fully saturated rings. The molecule has 2 saturated heterocycles. The molecular formula is C9H12FNO3. The number of nitrogens with zero attached hydrogens (tertiary/aromatic N) is 1. The predicted octanol–water partition coefficient (Wildman–Crippen LogP) is 0.118. The molecule has 2 bridgehead atoms. The minimum absolute atomic E-state index is 0.182. The summed E-state index contributed by atoms with van der Waals surface area (Å²) in [5, 5.41) is 0. The lowest BCUT2D eigenvalue weighted by molar-refractivity contribution is -0.167. The zero-order chi connectivity index (χ0) is 10.5. The van der Waals surface area contributed by atoms with E-state index in [2.05, 4.69) is 4.74 Å². The van der Waals surface area contributed by atoms with Crippen molar-refractivity contribution in [2.45, 2.75) is 25.1 Å². The third-order valence-corrected chi connectivity index (χ3v) is 3.26. The topological polar surface area (TPSA) is 46.6 Å². The first-order valence-electron chi connectivity index (χ1n) is 4.54. The fourth-order valence-corrected chi connectivity index (χ4v) is 2.55. The van der Waals surface area contributed by atoms with Crippen LogP contribution in [0.2, 0.25) is 0 Å². The van der Waals surface area contributed by atoms with E-state index in [-0.39, 0.29) is 11.8 Å². The van der Waals surface area contributed by atoms with E-state index < -0.39 is 17.7 Å². The number of methoxy groups -OCH3 is 1. The van der Waals surface area contributed by atoms with Gasteiger partial charge in [0.25, 0.3) is 0 Å². The van der Waals surface area contributed by atoms with E-state index in [1.807, 2.05) is 0 Å². The van der Waals surface area contributed by atoms with Crippen molar-refractivity contribution in [3.05, 3.63) is 0 Å². The lowest BCUT2D eigenvalue weighted by Gasteiger charge is -2.41. The monoisotopic (exact) mass is 201 g/mol. The van der Waals surface area contributed by atoms with E-state index in [9.17, 15) is 14.0 Å². The molecule has 3 rings (SSSR count). The van der Waals surface area contributed by atoms with Gasteiger partial charge in [0, 0.05) is 19.4 Å². The minimum atomic E-state index is -1.30. The number of fused-ring (bicyclic) bond motifs is 1. The van der Waals surface area contributed by atoms with Gasteiger partial charge < -0.3 is 9.64 Å². The third-order valence-electron chi connectivity index (χ3n) is 3.26. The molecule has 14 heavy (non-hydrogen) atoms. The van der Waals surface area contributed by atoms with E-state index in [0.29, 0.717) is 13.0 Å². The van der Waals surface area contributed by atoms with Crippen LogP contribution < -0.4 is 0 Å². The third kappa shape index (κ3) is 0.823. The van der Waals surface area contributed by atoms with Crippen molar-refractivity contribution in [2.75, 3.05) is 13.7 Å². The Bertz CT molecular complexity index is 306. The van der Waals surface area contributed by atoms with Gasteiger partial charge in [-0.25, -0.2) is 9.18 Å². The van der Waals surface area contributed by atoms with Gasteiger partial charge in [-0.1, -0.05) is 0 Å². The minimum Gasteiger partial charge on any atom is -0.467 e. The summed E-state index contributed by atoms with van der Waals surface area (Å²) in [6.07, 6.45) is -0.848. The number of rotatable bonds is 1. The molecule has 3 aliphatic rings. The maximum absolute atomic E-state index is 13.6. The largest absolute Gasteiger partial charge is 0.467 e. The van der Waals surface area contributed by atoms with Crippen molar-refractivity contribution in [1.82, 2.24) is 4.90 Å². The Morgan fingerprint density at radius 3 is 2.64 bits per heavy atom. The van der Waals surface area contributed by atoms with E-state index in [4.69, 9.17) is 0 Å². The standard InChI is InChI=1S/C9H12FNO3/c1-5(12)11-4-6-3-9(11,7(6)10)8(13)14-2/h6-7H,3-4H2,1-2H3/t6-,7+,9-/m0/s1. The van der Waals surface area contributed by atoms with Crippen molar-refractivity contribution in [2.24, 2.45) is 5.92 Å². The smallest absolute Gasteiger partial charge is 0.334 e. The zero-order valence-electron chi connectivity index (χ0n) is 8.12. The molecule has 78 valence electrons. The Hall–Kier alpha value is -1.13. The van der Waals surface area contributed by atoms with Crippen molar-refractivity contribution in [3.63, 3.8) is 0 Å².